The second kappa shape index (κ2) is 7.68. The van der Waals surface area contributed by atoms with Crippen molar-refractivity contribution in [3.8, 4) is 6.07 Å². The third-order valence-electron chi connectivity index (χ3n) is 3.92. The summed E-state index contributed by atoms with van der Waals surface area (Å²) in [5.74, 6) is 0.665. The molecule has 2 fully saturated rings. The Hall–Kier alpha value is -0.590. The molecule has 0 atom stereocenters. The van der Waals surface area contributed by atoms with Crippen LogP contribution < -0.4 is 5.32 Å². The van der Waals surface area contributed by atoms with E-state index in [1.165, 1.54) is 25.7 Å². The maximum absolute atomic E-state index is 8.67. The molecular weight excluding hydrogens is 212 g/mol. The SMILES string of the molecule is C.N#CCC1CCC(NC2CCOCC2)CC1. The van der Waals surface area contributed by atoms with Gasteiger partial charge in [0.15, 0.2) is 0 Å². The van der Waals surface area contributed by atoms with Gasteiger partial charge in [-0.25, -0.2) is 0 Å². The average Bonchev–Trinajstić information content (AvgIpc) is 2.33. The van der Waals surface area contributed by atoms with Gasteiger partial charge in [-0.2, -0.15) is 5.26 Å². The van der Waals surface area contributed by atoms with E-state index in [0.29, 0.717) is 18.0 Å². The Balaban J connectivity index is 0.00000144. The standard InChI is InChI=1S/C13H22N2O.CH4/c14-8-5-11-1-3-12(4-2-11)15-13-6-9-16-10-7-13;/h11-13,15H,1-7,9-10H2;1H4. The van der Waals surface area contributed by atoms with E-state index in [4.69, 9.17) is 10.00 Å². The second-order valence-corrected chi connectivity index (χ2v) is 5.13. The summed E-state index contributed by atoms with van der Waals surface area (Å²) in [6.45, 7) is 1.84. The highest BCUT2D eigenvalue weighted by Gasteiger charge is 2.23. The first-order valence-corrected chi connectivity index (χ1v) is 6.59. The summed E-state index contributed by atoms with van der Waals surface area (Å²) in [6.07, 6.45) is 8.05. The van der Waals surface area contributed by atoms with Gasteiger partial charge in [0, 0.05) is 31.7 Å². The highest BCUT2D eigenvalue weighted by atomic mass is 16.5. The van der Waals surface area contributed by atoms with Crippen LogP contribution in [0.5, 0.6) is 0 Å². The molecule has 3 heteroatoms. The van der Waals surface area contributed by atoms with E-state index in [-0.39, 0.29) is 7.43 Å². The Morgan fingerprint density at radius 3 is 2.18 bits per heavy atom. The molecule has 1 aliphatic carbocycles. The molecule has 1 N–H and O–H groups in total. The van der Waals surface area contributed by atoms with Gasteiger partial charge in [-0.1, -0.05) is 7.43 Å². The summed E-state index contributed by atoms with van der Waals surface area (Å²) < 4.78 is 5.36. The third-order valence-corrected chi connectivity index (χ3v) is 3.92. The van der Waals surface area contributed by atoms with Crippen molar-refractivity contribution in [3.05, 3.63) is 0 Å². The lowest BCUT2D eigenvalue weighted by atomic mass is 9.84. The van der Waals surface area contributed by atoms with Gasteiger partial charge in [0.1, 0.15) is 0 Å². The van der Waals surface area contributed by atoms with Crippen LogP contribution in [0.4, 0.5) is 0 Å². The van der Waals surface area contributed by atoms with Crippen LogP contribution in [-0.2, 0) is 4.74 Å². The van der Waals surface area contributed by atoms with Crippen molar-refractivity contribution < 1.29 is 4.74 Å². The third kappa shape index (κ3) is 4.65. The van der Waals surface area contributed by atoms with Crippen molar-refractivity contribution in [2.75, 3.05) is 13.2 Å². The molecule has 0 aromatic rings. The first-order chi connectivity index (χ1) is 7.88. The van der Waals surface area contributed by atoms with Gasteiger partial charge in [-0.15, -0.1) is 0 Å². The highest BCUT2D eigenvalue weighted by Crippen LogP contribution is 2.27. The minimum atomic E-state index is 0. The van der Waals surface area contributed by atoms with Crippen LogP contribution in [0.2, 0.25) is 0 Å². The summed E-state index contributed by atoms with van der Waals surface area (Å²) in [6, 6.07) is 3.66. The molecule has 0 bridgehead atoms. The zero-order valence-corrected chi connectivity index (χ0v) is 9.95. The summed E-state index contributed by atoms with van der Waals surface area (Å²) >= 11 is 0. The van der Waals surface area contributed by atoms with Crippen LogP contribution in [0.15, 0.2) is 0 Å². The van der Waals surface area contributed by atoms with E-state index in [1.54, 1.807) is 0 Å². The molecule has 1 heterocycles. The van der Waals surface area contributed by atoms with Gasteiger partial charge < -0.3 is 10.1 Å². The molecule has 1 saturated carbocycles. The van der Waals surface area contributed by atoms with Crippen LogP contribution in [0, 0.1) is 17.2 Å². The molecule has 0 radical (unpaired) electrons. The Labute approximate surface area is 106 Å². The Bertz CT molecular complexity index is 235. The van der Waals surface area contributed by atoms with E-state index in [0.717, 1.165) is 32.5 Å². The predicted octanol–water partition coefficient (Wildman–Crippen LogP) is 2.86. The Kier molecular flexibility index (Phi) is 6.54. The van der Waals surface area contributed by atoms with Crippen molar-refractivity contribution in [1.82, 2.24) is 5.32 Å². The Morgan fingerprint density at radius 1 is 1.00 bits per heavy atom. The molecule has 2 rings (SSSR count). The van der Waals surface area contributed by atoms with E-state index < -0.39 is 0 Å². The number of nitrogens with one attached hydrogen (secondary N) is 1. The number of hydrogen-bond acceptors (Lipinski definition) is 3. The van der Waals surface area contributed by atoms with Crippen LogP contribution in [0.1, 0.15) is 52.4 Å². The summed E-state index contributed by atoms with van der Waals surface area (Å²) in [7, 11) is 0. The average molecular weight is 238 g/mol. The van der Waals surface area contributed by atoms with Crippen LogP contribution in [0.25, 0.3) is 0 Å². The quantitative estimate of drug-likeness (QED) is 0.822. The zero-order chi connectivity index (χ0) is 11.2. The maximum atomic E-state index is 8.67. The second-order valence-electron chi connectivity index (χ2n) is 5.13. The first kappa shape index (κ1) is 14.5. The van der Waals surface area contributed by atoms with Gasteiger partial charge in [-0.05, 0) is 44.4 Å². The van der Waals surface area contributed by atoms with Gasteiger partial charge in [0.25, 0.3) is 0 Å². The smallest absolute Gasteiger partial charge is 0.0624 e. The van der Waals surface area contributed by atoms with Crippen LogP contribution in [0.3, 0.4) is 0 Å². The van der Waals surface area contributed by atoms with Crippen LogP contribution in [-0.4, -0.2) is 25.3 Å². The van der Waals surface area contributed by atoms with Crippen molar-refractivity contribution in [3.63, 3.8) is 0 Å². The largest absolute Gasteiger partial charge is 0.381 e. The van der Waals surface area contributed by atoms with E-state index in [2.05, 4.69) is 11.4 Å². The molecule has 1 saturated heterocycles. The number of nitrogens with zero attached hydrogens (tertiary/aromatic N) is 1. The molecule has 0 unspecified atom stereocenters. The fourth-order valence-electron chi connectivity index (χ4n) is 2.86. The molecule has 0 spiro atoms. The number of hydrogen-bond donors (Lipinski definition) is 1. The summed E-state index contributed by atoms with van der Waals surface area (Å²) in [5.41, 5.74) is 0. The van der Waals surface area contributed by atoms with Crippen molar-refractivity contribution in [2.45, 2.75) is 64.5 Å². The lowest BCUT2D eigenvalue weighted by Crippen LogP contribution is -2.43. The highest BCUT2D eigenvalue weighted by molar-refractivity contribution is 4.85. The predicted molar refractivity (Wildman–Crippen MR) is 69.7 cm³/mol. The fraction of sp³-hybridized carbons (Fsp3) is 0.929. The molecule has 17 heavy (non-hydrogen) atoms. The minimum Gasteiger partial charge on any atom is -0.381 e. The maximum Gasteiger partial charge on any atom is 0.0624 e. The molecule has 0 aromatic carbocycles. The number of ether oxygens (including phenoxy) is 1. The van der Waals surface area contributed by atoms with Crippen molar-refractivity contribution in [2.24, 2.45) is 5.92 Å². The van der Waals surface area contributed by atoms with E-state index >= 15 is 0 Å². The summed E-state index contributed by atoms with van der Waals surface area (Å²) in [4.78, 5) is 0. The Morgan fingerprint density at radius 2 is 1.59 bits per heavy atom. The van der Waals surface area contributed by atoms with E-state index in [1.807, 2.05) is 0 Å². The normalized spacial score (nSPS) is 30.3. The van der Waals surface area contributed by atoms with Crippen molar-refractivity contribution >= 4 is 0 Å². The van der Waals surface area contributed by atoms with Gasteiger partial charge >= 0.3 is 0 Å². The zero-order valence-electron chi connectivity index (χ0n) is 9.95. The lowest BCUT2D eigenvalue weighted by Gasteiger charge is -2.33. The fourth-order valence-corrected chi connectivity index (χ4v) is 2.86. The monoisotopic (exact) mass is 238 g/mol. The summed E-state index contributed by atoms with van der Waals surface area (Å²) in [5, 5.41) is 12.4. The number of rotatable bonds is 3. The molecule has 0 aromatic heterocycles. The molecule has 0 amide bonds. The topological polar surface area (TPSA) is 45.0 Å². The van der Waals surface area contributed by atoms with Gasteiger partial charge in [0.2, 0.25) is 0 Å². The van der Waals surface area contributed by atoms with E-state index in [9.17, 15) is 0 Å². The minimum absolute atomic E-state index is 0. The molecule has 1 aliphatic heterocycles. The van der Waals surface area contributed by atoms with Crippen LogP contribution >= 0.6 is 0 Å². The molecule has 98 valence electrons. The molecular formula is C14H26N2O. The van der Waals surface area contributed by atoms with Gasteiger partial charge in [-0.3, -0.25) is 0 Å². The first-order valence-electron chi connectivity index (χ1n) is 6.59. The molecule has 3 nitrogen and oxygen atoms in total. The lowest BCUT2D eigenvalue weighted by molar-refractivity contribution is 0.0723. The molecule has 2 aliphatic rings. The van der Waals surface area contributed by atoms with Gasteiger partial charge in [0.05, 0.1) is 6.07 Å². The van der Waals surface area contributed by atoms with Crippen molar-refractivity contribution in [1.29, 1.82) is 5.26 Å². The number of nitriles is 1.